The number of rotatable bonds is 2. The Labute approximate surface area is 77.5 Å². The Kier molecular flexibility index (Phi) is 2.94. The Bertz CT molecular complexity index is 175. The van der Waals surface area contributed by atoms with Crippen LogP contribution in [0.5, 0.6) is 0 Å². The maximum Gasteiger partial charge on any atom is 0.0128 e. The van der Waals surface area contributed by atoms with Crippen molar-refractivity contribution in [2.75, 3.05) is 5.33 Å². The average molecular weight is 215 g/mol. The van der Waals surface area contributed by atoms with Gasteiger partial charge < -0.3 is 0 Å². The summed E-state index contributed by atoms with van der Waals surface area (Å²) in [4.78, 5) is 0. The largest absolute Gasteiger partial charge is 0.0918 e. The first-order chi connectivity index (χ1) is 5.25. The van der Waals surface area contributed by atoms with Gasteiger partial charge in [-0.1, -0.05) is 54.1 Å². The maximum absolute atomic E-state index is 3.58. The molecule has 1 heteroatoms. The third kappa shape index (κ3) is 1.58. The quantitative estimate of drug-likeness (QED) is 0.618. The van der Waals surface area contributed by atoms with Gasteiger partial charge in [-0.05, 0) is 12.3 Å². The zero-order chi connectivity index (χ0) is 8.32. The zero-order valence-electron chi connectivity index (χ0n) is 7.18. The second-order valence-electron chi connectivity index (χ2n) is 3.25. The summed E-state index contributed by atoms with van der Waals surface area (Å²) in [6.45, 7) is 4.53. The smallest absolute Gasteiger partial charge is 0.0128 e. The molecule has 0 fully saturated rings. The van der Waals surface area contributed by atoms with E-state index < -0.39 is 0 Å². The molecule has 0 aromatic carbocycles. The topological polar surface area (TPSA) is 0 Å². The van der Waals surface area contributed by atoms with Gasteiger partial charge in [0.1, 0.15) is 0 Å². The second-order valence-corrected chi connectivity index (χ2v) is 3.81. The van der Waals surface area contributed by atoms with Crippen LogP contribution in [0.4, 0.5) is 0 Å². The molecule has 0 nitrogen and oxygen atoms in total. The van der Waals surface area contributed by atoms with Crippen LogP contribution in [-0.2, 0) is 0 Å². The molecule has 0 saturated carbocycles. The fourth-order valence-corrected chi connectivity index (χ4v) is 2.62. The lowest BCUT2D eigenvalue weighted by Gasteiger charge is -2.34. The molecule has 0 amide bonds. The molecule has 0 bridgehead atoms. The third-order valence-corrected chi connectivity index (χ3v) is 3.80. The molecule has 1 aliphatic rings. The molecule has 0 N–H and O–H groups in total. The van der Waals surface area contributed by atoms with Crippen LogP contribution in [0, 0.1) is 11.3 Å². The van der Waals surface area contributed by atoms with Crippen molar-refractivity contribution in [3.8, 4) is 0 Å². The van der Waals surface area contributed by atoms with E-state index in [1.165, 1.54) is 6.42 Å². The third-order valence-electron chi connectivity index (χ3n) is 2.75. The van der Waals surface area contributed by atoms with Crippen LogP contribution >= 0.6 is 15.9 Å². The summed E-state index contributed by atoms with van der Waals surface area (Å²) in [5.74, 6) is 0.664. The monoisotopic (exact) mass is 214 g/mol. The van der Waals surface area contributed by atoms with Gasteiger partial charge in [-0.25, -0.2) is 0 Å². The minimum atomic E-state index is 0.370. The van der Waals surface area contributed by atoms with Crippen molar-refractivity contribution in [3.63, 3.8) is 0 Å². The van der Waals surface area contributed by atoms with Crippen molar-refractivity contribution in [1.82, 2.24) is 0 Å². The summed E-state index contributed by atoms with van der Waals surface area (Å²) < 4.78 is 0. The van der Waals surface area contributed by atoms with E-state index in [-0.39, 0.29) is 0 Å². The van der Waals surface area contributed by atoms with Gasteiger partial charge in [0, 0.05) is 10.7 Å². The predicted molar refractivity (Wildman–Crippen MR) is 54.0 cm³/mol. The van der Waals surface area contributed by atoms with Gasteiger partial charge in [-0.2, -0.15) is 0 Å². The Morgan fingerprint density at radius 3 is 2.55 bits per heavy atom. The molecule has 0 radical (unpaired) electrons. The van der Waals surface area contributed by atoms with Crippen LogP contribution in [0.25, 0.3) is 0 Å². The van der Waals surface area contributed by atoms with E-state index in [9.17, 15) is 0 Å². The van der Waals surface area contributed by atoms with Gasteiger partial charge in [0.15, 0.2) is 0 Å². The highest BCUT2D eigenvalue weighted by Gasteiger charge is 2.29. The molecule has 0 heterocycles. The van der Waals surface area contributed by atoms with E-state index in [0.717, 1.165) is 5.33 Å². The molecule has 2 atom stereocenters. The fourth-order valence-electron chi connectivity index (χ4n) is 1.52. The first-order valence-corrected chi connectivity index (χ1v) is 5.29. The van der Waals surface area contributed by atoms with Crippen LogP contribution in [0.1, 0.15) is 20.3 Å². The van der Waals surface area contributed by atoms with Gasteiger partial charge in [-0.15, -0.1) is 0 Å². The van der Waals surface area contributed by atoms with E-state index in [4.69, 9.17) is 0 Å². The summed E-state index contributed by atoms with van der Waals surface area (Å²) in [6, 6.07) is 0. The van der Waals surface area contributed by atoms with E-state index in [0.29, 0.717) is 11.3 Å². The fraction of sp³-hybridized carbons (Fsp3) is 0.600. The average Bonchev–Trinajstić information content (AvgIpc) is 2.06. The number of allylic oxidation sites excluding steroid dienone is 4. The second kappa shape index (κ2) is 3.57. The first-order valence-electron chi connectivity index (χ1n) is 4.17. The van der Waals surface area contributed by atoms with E-state index >= 15 is 0 Å². The van der Waals surface area contributed by atoms with Gasteiger partial charge in [-0.3, -0.25) is 0 Å². The molecule has 1 rings (SSSR count). The van der Waals surface area contributed by atoms with Gasteiger partial charge in [0.25, 0.3) is 0 Å². The molecule has 1 aliphatic carbocycles. The molecule has 0 aliphatic heterocycles. The lowest BCUT2D eigenvalue weighted by Crippen LogP contribution is -2.27. The Hall–Kier alpha value is -0.0400. The number of hydrogen-bond acceptors (Lipinski definition) is 0. The van der Waals surface area contributed by atoms with Crippen molar-refractivity contribution >= 4 is 15.9 Å². The van der Waals surface area contributed by atoms with Gasteiger partial charge in [0.2, 0.25) is 0 Å². The number of halogens is 1. The highest BCUT2D eigenvalue weighted by Crippen LogP contribution is 2.38. The summed E-state index contributed by atoms with van der Waals surface area (Å²) in [5.41, 5.74) is 0.370. The first kappa shape index (κ1) is 9.05. The Morgan fingerprint density at radius 2 is 2.18 bits per heavy atom. The Morgan fingerprint density at radius 1 is 1.45 bits per heavy atom. The predicted octanol–water partition coefficient (Wildman–Crippen LogP) is 3.54. The molecular formula is C10H15Br. The van der Waals surface area contributed by atoms with E-state index in [1.807, 2.05) is 0 Å². The summed E-state index contributed by atoms with van der Waals surface area (Å²) in [5, 5.41) is 1.07. The summed E-state index contributed by atoms with van der Waals surface area (Å²) in [7, 11) is 0. The van der Waals surface area contributed by atoms with Crippen molar-refractivity contribution in [2.24, 2.45) is 11.3 Å². The molecule has 0 saturated heterocycles. The minimum Gasteiger partial charge on any atom is -0.0918 e. The van der Waals surface area contributed by atoms with Crippen LogP contribution in [0.15, 0.2) is 24.3 Å². The number of alkyl halides is 1. The SMILES string of the molecule is CCC1(CBr)C=CC=CC1C. The molecule has 2 unspecified atom stereocenters. The zero-order valence-corrected chi connectivity index (χ0v) is 8.76. The molecule has 0 aromatic heterocycles. The van der Waals surface area contributed by atoms with Gasteiger partial charge >= 0.3 is 0 Å². The van der Waals surface area contributed by atoms with Crippen molar-refractivity contribution in [1.29, 1.82) is 0 Å². The van der Waals surface area contributed by atoms with Crippen LogP contribution < -0.4 is 0 Å². The highest BCUT2D eigenvalue weighted by molar-refractivity contribution is 9.09. The molecular weight excluding hydrogens is 200 g/mol. The van der Waals surface area contributed by atoms with E-state index in [1.54, 1.807) is 0 Å². The highest BCUT2D eigenvalue weighted by atomic mass is 79.9. The summed E-state index contributed by atoms with van der Waals surface area (Å²) in [6.07, 6.45) is 10.1. The normalized spacial score (nSPS) is 36.1. The van der Waals surface area contributed by atoms with Crippen molar-refractivity contribution in [2.45, 2.75) is 20.3 Å². The molecule has 11 heavy (non-hydrogen) atoms. The maximum atomic E-state index is 3.58. The van der Waals surface area contributed by atoms with Crippen LogP contribution in [0.2, 0.25) is 0 Å². The molecule has 0 spiro atoms. The standard InChI is InChI=1S/C10H15Br/c1-3-10(8-11)7-5-4-6-9(10)2/h4-7,9H,3,8H2,1-2H3. The van der Waals surface area contributed by atoms with Crippen molar-refractivity contribution in [3.05, 3.63) is 24.3 Å². The molecule has 62 valence electrons. The molecule has 0 aromatic rings. The summed E-state index contributed by atoms with van der Waals surface area (Å²) >= 11 is 3.58. The van der Waals surface area contributed by atoms with E-state index in [2.05, 4.69) is 54.1 Å². The number of hydrogen-bond donors (Lipinski definition) is 0. The van der Waals surface area contributed by atoms with Crippen molar-refractivity contribution < 1.29 is 0 Å². The minimum absolute atomic E-state index is 0.370. The van der Waals surface area contributed by atoms with Gasteiger partial charge in [0.05, 0.1) is 0 Å². The van der Waals surface area contributed by atoms with Crippen LogP contribution in [-0.4, -0.2) is 5.33 Å². The lowest BCUT2D eigenvalue weighted by atomic mass is 9.73. The Balaban J connectivity index is 2.82. The lowest BCUT2D eigenvalue weighted by molar-refractivity contribution is 0.324. The van der Waals surface area contributed by atoms with Crippen LogP contribution in [0.3, 0.4) is 0 Å².